The van der Waals surface area contributed by atoms with E-state index in [-0.39, 0.29) is 12.2 Å². The van der Waals surface area contributed by atoms with Gasteiger partial charge in [0.25, 0.3) is 5.91 Å². The monoisotopic (exact) mass is 416 g/mol. The lowest BCUT2D eigenvalue weighted by Gasteiger charge is -2.24. The van der Waals surface area contributed by atoms with Gasteiger partial charge in [-0.05, 0) is 29.8 Å². The lowest BCUT2D eigenvalue weighted by atomic mass is 9.97. The molecule has 2 amide bonds. The molecule has 9 heteroatoms. The fraction of sp³-hybridized carbons (Fsp3) is 0.250. The summed E-state index contributed by atoms with van der Waals surface area (Å²) in [6.07, 6.45) is 0.967. The molecule has 0 aliphatic carbocycles. The third kappa shape index (κ3) is 4.29. The highest BCUT2D eigenvalue weighted by Gasteiger charge is 2.43. The Labute approximate surface area is 168 Å². The molecule has 1 atom stereocenters. The normalized spacial score (nSPS) is 16.8. The zero-order valence-corrected chi connectivity index (χ0v) is 16.8. The molecule has 1 saturated heterocycles. The molecule has 1 heterocycles. The van der Waals surface area contributed by atoms with E-state index in [4.69, 9.17) is 4.74 Å². The van der Waals surface area contributed by atoms with Gasteiger partial charge in [0.15, 0.2) is 0 Å². The maximum absolute atomic E-state index is 12.8. The number of anilines is 1. The topological polar surface area (TPSA) is 101 Å². The first-order valence-electron chi connectivity index (χ1n) is 8.77. The lowest BCUT2D eigenvalue weighted by molar-refractivity contribution is -0.146. The predicted octanol–water partition coefficient (Wildman–Crippen LogP) is 1.18. The fourth-order valence-electron chi connectivity index (χ4n) is 3.14. The first-order chi connectivity index (χ1) is 13.7. The van der Waals surface area contributed by atoms with Gasteiger partial charge < -0.3 is 4.74 Å². The number of Topliss-reactive ketones (excluding diaryl/α,β-unsaturated/α-hetero) is 1. The van der Waals surface area contributed by atoms with E-state index in [2.05, 4.69) is 0 Å². The molecule has 1 aliphatic rings. The van der Waals surface area contributed by atoms with Gasteiger partial charge in [-0.1, -0.05) is 30.3 Å². The van der Waals surface area contributed by atoms with Gasteiger partial charge in [-0.25, -0.2) is 8.42 Å². The Balaban J connectivity index is 1.82. The molecular weight excluding hydrogens is 396 g/mol. The summed E-state index contributed by atoms with van der Waals surface area (Å²) in [7, 11) is -2.33. The first-order valence-corrected chi connectivity index (χ1v) is 10.6. The molecule has 0 bridgehead atoms. The number of hydrogen-bond acceptors (Lipinski definition) is 6. The molecule has 0 saturated carbocycles. The third-order valence-corrected chi connectivity index (χ3v) is 5.82. The van der Waals surface area contributed by atoms with Crippen molar-refractivity contribution < 1.29 is 27.5 Å². The molecular formula is C20H20N2O6S. The van der Waals surface area contributed by atoms with Crippen LogP contribution in [0.3, 0.4) is 0 Å². The van der Waals surface area contributed by atoms with E-state index in [1.807, 2.05) is 0 Å². The van der Waals surface area contributed by atoms with Crippen LogP contribution in [0.1, 0.15) is 11.5 Å². The molecule has 0 N–H and O–H groups in total. The molecule has 0 unspecified atom stereocenters. The van der Waals surface area contributed by atoms with Gasteiger partial charge >= 0.3 is 0 Å². The smallest absolute Gasteiger partial charge is 0.297 e. The van der Waals surface area contributed by atoms with Gasteiger partial charge in [0.1, 0.15) is 12.3 Å². The van der Waals surface area contributed by atoms with Crippen molar-refractivity contribution in [3.8, 4) is 5.75 Å². The minimum atomic E-state index is -3.81. The zero-order chi connectivity index (χ0) is 21.2. The van der Waals surface area contributed by atoms with Gasteiger partial charge in [0, 0.05) is 6.54 Å². The van der Waals surface area contributed by atoms with Crippen LogP contribution < -0.4 is 9.04 Å². The number of methoxy groups -OCH3 is 1. The highest BCUT2D eigenvalue weighted by molar-refractivity contribution is 7.92. The Bertz CT molecular complexity index is 1030. The van der Waals surface area contributed by atoms with Crippen molar-refractivity contribution in [2.45, 2.75) is 5.92 Å². The first kappa shape index (κ1) is 20.5. The lowest BCUT2D eigenvalue weighted by Crippen LogP contribution is -2.43. The average Bonchev–Trinajstić information content (AvgIpc) is 3.01. The summed E-state index contributed by atoms with van der Waals surface area (Å²) in [5.74, 6) is -2.59. The molecule has 2 aromatic carbocycles. The molecule has 2 aromatic rings. The number of sulfonamides is 1. The van der Waals surface area contributed by atoms with E-state index >= 15 is 0 Å². The molecule has 0 spiro atoms. The molecule has 3 rings (SSSR count). The molecule has 8 nitrogen and oxygen atoms in total. The standard InChI is InChI=1S/C20H20N2O6S/c1-28-16-10-8-15(9-11-16)22(29(2,26)27)13-18(23)21-12-17(19(24)20(21)25)14-6-4-3-5-7-14/h3-11,17H,12-13H2,1-2H3/t17-/m1/s1. The van der Waals surface area contributed by atoms with Crippen LogP contribution in [-0.4, -0.2) is 57.4 Å². The Morgan fingerprint density at radius 2 is 1.72 bits per heavy atom. The highest BCUT2D eigenvalue weighted by atomic mass is 32.2. The van der Waals surface area contributed by atoms with E-state index in [1.165, 1.54) is 19.2 Å². The zero-order valence-electron chi connectivity index (χ0n) is 15.9. The van der Waals surface area contributed by atoms with Gasteiger partial charge in [0.2, 0.25) is 21.7 Å². The summed E-state index contributed by atoms with van der Waals surface area (Å²) in [5.41, 5.74) is 0.885. The van der Waals surface area contributed by atoms with Crippen LogP contribution in [0.2, 0.25) is 0 Å². The summed E-state index contributed by atoms with van der Waals surface area (Å²) in [6.45, 7) is -0.702. The number of ketones is 1. The molecule has 1 fully saturated rings. The molecule has 152 valence electrons. The number of imide groups is 1. The van der Waals surface area contributed by atoms with E-state index in [1.54, 1.807) is 42.5 Å². The van der Waals surface area contributed by atoms with E-state index in [9.17, 15) is 22.8 Å². The van der Waals surface area contributed by atoms with Gasteiger partial charge in [0.05, 0.1) is 25.0 Å². The van der Waals surface area contributed by atoms with Crippen molar-refractivity contribution in [1.82, 2.24) is 4.90 Å². The average molecular weight is 416 g/mol. The van der Waals surface area contributed by atoms with Crippen LogP contribution in [-0.2, 0) is 24.4 Å². The second-order valence-corrected chi connectivity index (χ2v) is 8.51. The second kappa shape index (κ2) is 8.04. The molecule has 1 aliphatic heterocycles. The van der Waals surface area contributed by atoms with Crippen molar-refractivity contribution in [3.05, 3.63) is 60.2 Å². The van der Waals surface area contributed by atoms with Crippen LogP contribution in [0, 0.1) is 0 Å². The van der Waals surface area contributed by atoms with Crippen LogP contribution in [0.15, 0.2) is 54.6 Å². The number of benzene rings is 2. The maximum Gasteiger partial charge on any atom is 0.297 e. The van der Waals surface area contributed by atoms with Crippen LogP contribution in [0.4, 0.5) is 5.69 Å². The van der Waals surface area contributed by atoms with Crippen molar-refractivity contribution in [2.24, 2.45) is 0 Å². The number of ether oxygens (including phenoxy) is 1. The number of nitrogens with zero attached hydrogens (tertiary/aromatic N) is 2. The van der Waals surface area contributed by atoms with E-state index in [0.717, 1.165) is 15.5 Å². The van der Waals surface area contributed by atoms with Crippen LogP contribution in [0.25, 0.3) is 0 Å². The number of hydrogen-bond donors (Lipinski definition) is 0. The minimum Gasteiger partial charge on any atom is -0.497 e. The molecule has 29 heavy (non-hydrogen) atoms. The van der Waals surface area contributed by atoms with E-state index < -0.39 is 40.1 Å². The van der Waals surface area contributed by atoms with Gasteiger partial charge in [-0.3, -0.25) is 23.6 Å². The largest absolute Gasteiger partial charge is 0.497 e. The Morgan fingerprint density at radius 3 is 2.28 bits per heavy atom. The highest BCUT2D eigenvalue weighted by Crippen LogP contribution is 2.26. The summed E-state index contributed by atoms with van der Waals surface area (Å²) in [4.78, 5) is 38.3. The summed E-state index contributed by atoms with van der Waals surface area (Å²) >= 11 is 0. The molecule has 0 radical (unpaired) electrons. The number of amides is 2. The summed E-state index contributed by atoms with van der Waals surface area (Å²) in [5, 5.41) is 0. The Morgan fingerprint density at radius 1 is 1.10 bits per heavy atom. The summed E-state index contributed by atoms with van der Waals surface area (Å²) in [6, 6.07) is 14.8. The number of carbonyl (C=O) groups excluding carboxylic acids is 3. The molecule has 0 aromatic heterocycles. The van der Waals surface area contributed by atoms with Crippen molar-refractivity contribution >= 4 is 33.3 Å². The number of rotatable bonds is 6. The maximum atomic E-state index is 12.8. The second-order valence-electron chi connectivity index (χ2n) is 6.60. The predicted molar refractivity (Wildman–Crippen MR) is 106 cm³/mol. The number of carbonyl (C=O) groups is 3. The Kier molecular flexibility index (Phi) is 5.69. The SMILES string of the molecule is COc1ccc(N(CC(=O)N2C[C@H](c3ccccc3)C(=O)C2=O)S(C)(=O)=O)cc1. The van der Waals surface area contributed by atoms with Crippen LogP contribution in [0.5, 0.6) is 5.75 Å². The third-order valence-electron chi connectivity index (χ3n) is 4.68. The van der Waals surface area contributed by atoms with Crippen molar-refractivity contribution in [3.63, 3.8) is 0 Å². The summed E-state index contributed by atoms with van der Waals surface area (Å²) < 4.78 is 30.4. The van der Waals surface area contributed by atoms with E-state index in [0.29, 0.717) is 11.3 Å². The van der Waals surface area contributed by atoms with Crippen molar-refractivity contribution in [1.29, 1.82) is 0 Å². The number of likely N-dealkylation sites (tertiary alicyclic amines) is 1. The van der Waals surface area contributed by atoms with Gasteiger partial charge in [-0.15, -0.1) is 0 Å². The van der Waals surface area contributed by atoms with Crippen LogP contribution >= 0.6 is 0 Å². The fourth-order valence-corrected chi connectivity index (χ4v) is 3.99. The quantitative estimate of drug-likeness (QED) is 0.656. The van der Waals surface area contributed by atoms with Gasteiger partial charge in [-0.2, -0.15) is 0 Å². The van der Waals surface area contributed by atoms with Crippen molar-refractivity contribution in [2.75, 3.05) is 30.8 Å². The Hall–Kier alpha value is -3.20. The minimum absolute atomic E-state index is 0.110.